The van der Waals surface area contributed by atoms with E-state index < -0.39 is 0 Å². The van der Waals surface area contributed by atoms with Crippen molar-refractivity contribution in [3.63, 3.8) is 0 Å². The molecule has 2 rings (SSSR count). The number of hydrogen-bond donors (Lipinski definition) is 2. The molecule has 1 atom stereocenters. The third-order valence-electron chi connectivity index (χ3n) is 3.61. The summed E-state index contributed by atoms with van der Waals surface area (Å²) in [6.07, 6.45) is 2.19. The Morgan fingerprint density at radius 3 is 2.58 bits per heavy atom. The van der Waals surface area contributed by atoms with Crippen LogP contribution in [0.2, 0.25) is 0 Å². The van der Waals surface area contributed by atoms with Crippen molar-refractivity contribution in [3.8, 4) is 0 Å². The Hall–Kier alpha value is -1.13. The van der Waals surface area contributed by atoms with Gasteiger partial charge in [0.1, 0.15) is 5.82 Å². The number of halogens is 2. The zero-order valence-corrected chi connectivity index (χ0v) is 12.0. The van der Waals surface area contributed by atoms with E-state index in [0.717, 1.165) is 18.4 Å². The lowest BCUT2D eigenvalue weighted by molar-refractivity contribution is 0.0897. The smallest absolute Gasteiger partial charge is 0.251 e. The molecule has 1 aromatic carbocycles. The molecule has 0 aliphatic heterocycles. The second kappa shape index (κ2) is 5.88. The molecule has 1 aliphatic rings. The number of carbonyl (C=O) groups excluding carboxylic acids is 1. The third-order valence-corrected chi connectivity index (χ3v) is 3.61. The average molecular weight is 287 g/mol. The second-order valence-electron chi connectivity index (χ2n) is 5.37. The van der Waals surface area contributed by atoms with Crippen LogP contribution in [0.15, 0.2) is 18.2 Å². The highest BCUT2D eigenvalue weighted by Gasteiger charge is 2.41. The SMILES string of the molecule is Cc1cc(F)cc(C(=O)NC(C)(CN)C2CC2)c1.Cl. The van der Waals surface area contributed by atoms with Gasteiger partial charge in [-0.1, -0.05) is 0 Å². The fraction of sp³-hybridized carbons (Fsp3) is 0.500. The van der Waals surface area contributed by atoms with E-state index >= 15 is 0 Å². The highest BCUT2D eigenvalue weighted by Crippen LogP contribution is 2.39. The molecule has 3 N–H and O–H groups in total. The molecule has 5 heteroatoms. The zero-order chi connectivity index (χ0) is 13.3. The van der Waals surface area contributed by atoms with Crippen molar-refractivity contribution in [2.75, 3.05) is 6.54 Å². The van der Waals surface area contributed by atoms with Crippen molar-refractivity contribution < 1.29 is 9.18 Å². The van der Waals surface area contributed by atoms with E-state index in [4.69, 9.17) is 5.73 Å². The maximum Gasteiger partial charge on any atom is 0.251 e. The van der Waals surface area contributed by atoms with Gasteiger partial charge >= 0.3 is 0 Å². The van der Waals surface area contributed by atoms with Crippen LogP contribution in [0.5, 0.6) is 0 Å². The summed E-state index contributed by atoms with van der Waals surface area (Å²) >= 11 is 0. The van der Waals surface area contributed by atoms with Gasteiger partial charge in [-0.3, -0.25) is 4.79 Å². The number of benzene rings is 1. The van der Waals surface area contributed by atoms with Crippen LogP contribution in [0.1, 0.15) is 35.7 Å². The summed E-state index contributed by atoms with van der Waals surface area (Å²) in [5, 5.41) is 2.95. The van der Waals surface area contributed by atoms with Crippen molar-refractivity contribution in [1.29, 1.82) is 0 Å². The summed E-state index contributed by atoms with van der Waals surface area (Å²) in [6.45, 7) is 4.12. The Morgan fingerprint density at radius 1 is 1.47 bits per heavy atom. The summed E-state index contributed by atoms with van der Waals surface area (Å²) in [4.78, 5) is 12.1. The fourth-order valence-electron chi connectivity index (χ4n) is 2.24. The molecular formula is C14H20ClFN2O. The molecular weight excluding hydrogens is 267 g/mol. The predicted molar refractivity (Wildman–Crippen MR) is 76.0 cm³/mol. The van der Waals surface area contributed by atoms with E-state index in [0.29, 0.717) is 18.0 Å². The van der Waals surface area contributed by atoms with E-state index in [2.05, 4.69) is 5.32 Å². The maximum atomic E-state index is 13.3. The first-order chi connectivity index (χ1) is 8.44. The monoisotopic (exact) mass is 286 g/mol. The molecule has 1 amide bonds. The van der Waals surface area contributed by atoms with Crippen molar-refractivity contribution >= 4 is 18.3 Å². The van der Waals surface area contributed by atoms with Gasteiger partial charge in [0, 0.05) is 12.1 Å². The Morgan fingerprint density at radius 2 is 2.11 bits per heavy atom. The van der Waals surface area contributed by atoms with Crippen LogP contribution in [-0.4, -0.2) is 18.0 Å². The second-order valence-corrected chi connectivity index (χ2v) is 5.37. The number of nitrogens with one attached hydrogen (secondary N) is 1. The lowest BCUT2D eigenvalue weighted by atomic mass is 9.95. The van der Waals surface area contributed by atoms with Gasteiger partial charge in [0.15, 0.2) is 0 Å². The van der Waals surface area contributed by atoms with Crippen molar-refractivity contribution in [1.82, 2.24) is 5.32 Å². The Kier molecular flexibility index (Phi) is 4.93. The van der Waals surface area contributed by atoms with Crippen LogP contribution in [-0.2, 0) is 0 Å². The van der Waals surface area contributed by atoms with Gasteiger partial charge < -0.3 is 11.1 Å². The average Bonchev–Trinajstić information content (AvgIpc) is 3.11. The number of carbonyl (C=O) groups is 1. The maximum absolute atomic E-state index is 13.3. The summed E-state index contributed by atoms with van der Waals surface area (Å²) in [5.74, 6) is -0.195. The standard InChI is InChI=1S/C14H19FN2O.ClH/c1-9-5-10(7-12(15)6-9)13(18)17-14(2,8-16)11-3-4-11;/h5-7,11H,3-4,8,16H2,1-2H3,(H,17,18);1H. The third kappa shape index (κ3) is 3.67. The van der Waals surface area contributed by atoms with Gasteiger partial charge in [-0.2, -0.15) is 0 Å². The van der Waals surface area contributed by atoms with Gasteiger partial charge in [0.05, 0.1) is 5.54 Å². The van der Waals surface area contributed by atoms with Crippen LogP contribution >= 0.6 is 12.4 Å². The molecule has 0 aromatic heterocycles. The van der Waals surface area contributed by atoms with Gasteiger partial charge in [0.2, 0.25) is 0 Å². The highest BCUT2D eigenvalue weighted by atomic mass is 35.5. The van der Waals surface area contributed by atoms with E-state index in [1.54, 1.807) is 13.0 Å². The van der Waals surface area contributed by atoms with Crippen molar-refractivity contribution in [2.24, 2.45) is 11.7 Å². The lowest BCUT2D eigenvalue weighted by Crippen LogP contribution is -2.53. The molecule has 0 bridgehead atoms. The molecule has 1 aromatic rings. The van der Waals surface area contributed by atoms with Crippen LogP contribution in [0.25, 0.3) is 0 Å². The first-order valence-electron chi connectivity index (χ1n) is 6.24. The molecule has 19 heavy (non-hydrogen) atoms. The van der Waals surface area contributed by atoms with Crippen molar-refractivity contribution in [3.05, 3.63) is 35.1 Å². The molecule has 3 nitrogen and oxygen atoms in total. The highest BCUT2D eigenvalue weighted by molar-refractivity contribution is 5.95. The predicted octanol–water partition coefficient (Wildman–Crippen LogP) is 2.41. The van der Waals surface area contributed by atoms with E-state index in [-0.39, 0.29) is 29.7 Å². The number of amides is 1. The van der Waals surface area contributed by atoms with Crippen LogP contribution < -0.4 is 11.1 Å². The van der Waals surface area contributed by atoms with Crippen LogP contribution in [0.4, 0.5) is 4.39 Å². The van der Waals surface area contributed by atoms with Gasteiger partial charge in [-0.15, -0.1) is 12.4 Å². The number of nitrogens with two attached hydrogens (primary N) is 1. The Bertz CT molecular complexity index is 456. The number of rotatable bonds is 4. The first-order valence-corrected chi connectivity index (χ1v) is 6.24. The molecule has 1 saturated carbocycles. The van der Waals surface area contributed by atoms with Gasteiger partial charge in [-0.25, -0.2) is 4.39 Å². The van der Waals surface area contributed by atoms with E-state index in [9.17, 15) is 9.18 Å². The van der Waals surface area contributed by atoms with Gasteiger partial charge in [0.25, 0.3) is 5.91 Å². The largest absolute Gasteiger partial charge is 0.345 e. The first kappa shape index (κ1) is 15.9. The van der Waals surface area contributed by atoms with Crippen LogP contribution in [0, 0.1) is 18.7 Å². The molecule has 1 unspecified atom stereocenters. The Balaban J connectivity index is 0.00000180. The van der Waals surface area contributed by atoms with Crippen LogP contribution in [0.3, 0.4) is 0 Å². The minimum absolute atomic E-state index is 0. The minimum Gasteiger partial charge on any atom is -0.345 e. The summed E-state index contributed by atoms with van der Waals surface area (Å²) in [5.41, 5.74) is 6.46. The molecule has 0 saturated heterocycles. The van der Waals surface area contributed by atoms with Gasteiger partial charge in [-0.05, 0) is 56.4 Å². The van der Waals surface area contributed by atoms with E-state index in [1.165, 1.54) is 12.1 Å². The fourth-order valence-corrected chi connectivity index (χ4v) is 2.24. The molecule has 1 fully saturated rings. The number of hydrogen-bond acceptors (Lipinski definition) is 2. The minimum atomic E-state index is -0.388. The topological polar surface area (TPSA) is 55.1 Å². The van der Waals surface area contributed by atoms with Crippen molar-refractivity contribution in [2.45, 2.75) is 32.2 Å². The molecule has 0 heterocycles. The molecule has 1 aliphatic carbocycles. The van der Waals surface area contributed by atoms with E-state index in [1.807, 2.05) is 6.92 Å². The lowest BCUT2D eigenvalue weighted by Gasteiger charge is -2.29. The molecule has 0 radical (unpaired) electrons. The number of aryl methyl sites for hydroxylation is 1. The Labute approximate surface area is 119 Å². The summed E-state index contributed by atoms with van der Waals surface area (Å²) in [6, 6.07) is 4.34. The summed E-state index contributed by atoms with van der Waals surface area (Å²) < 4.78 is 13.3. The summed E-state index contributed by atoms with van der Waals surface area (Å²) in [7, 11) is 0. The molecule has 106 valence electrons. The zero-order valence-electron chi connectivity index (χ0n) is 11.2. The normalized spacial score (nSPS) is 17.3. The quantitative estimate of drug-likeness (QED) is 0.893. The molecule has 0 spiro atoms.